The van der Waals surface area contributed by atoms with Crippen LogP contribution in [0.5, 0.6) is 0 Å². The number of thiophene rings is 5. The molecule has 0 N–H and O–H groups in total. The molecule has 0 fully saturated rings. The van der Waals surface area contributed by atoms with E-state index in [9.17, 15) is 0 Å². The molecule has 0 spiro atoms. The van der Waals surface area contributed by atoms with Crippen molar-refractivity contribution >= 4 is 78.2 Å². The van der Waals surface area contributed by atoms with E-state index in [1.165, 1.54) is 71.0 Å². The highest BCUT2D eigenvalue weighted by Crippen LogP contribution is 2.46. The number of benzene rings is 3. The molecule has 0 aliphatic heterocycles. The normalized spacial score (nSPS) is 11.6. The maximum absolute atomic E-state index is 2.31. The van der Waals surface area contributed by atoms with E-state index in [4.69, 9.17) is 0 Å². The topological polar surface area (TPSA) is 0 Å². The largest absolute Gasteiger partial charge is 0.143 e. The van der Waals surface area contributed by atoms with Crippen molar-refractivity contribution in [1.82, 2.24) is 0 Å². The van der Waals surface area contributed by atoms with Gasteiger partial charge in [-0.1, -0.05) is 54.6 Å². The Balaban J connectivity index is 1.12. The molecule has 3 aromatic carbocycles. The van der Waals surface area contributed by atoms with Gasteiger partial charge in [-0.05, 0) is 87.6 Å². The van der Waals surface area contributed by atoms with Gasteiger partial charge < -0.3 is 0 Å². The second kappa shape index (κ2) is 9.70. The average Bonchev–Trinajstić information content (AvgIpc) is 3.80. The first-order valence-electron chi connectivity index (χ1n) is 12.7. The van der Waals surface area contributed by atoms with Crippen molar-refractivity contribution in [2.45, 2.75) is 0 Å². The van der Waals surface area contributed by atoms with Gasteiger partial charge in [-0.3, -0.25) is 0 Å². The van der Waals surface area contributed by atoms with Gasteiger partial charge in [-0.15, -0.1) is 56.7 Å². The third-order valence-corrected chi connectivity index (χ3v) is 12.9. The van der Waals surface area contributed by atoms with Crippen molar-refractivity contribution in [1.29, 1.82) is 0 Å². The first kappa shape index (κ1) is 23.6. The van der Waals surface area contributed by atoms with E-state index >= 15 is 0 Å². The van der Waals surface area contributed by atoms with Crippen LogP contribution in [0.25, 0.3) is 71.0 Å². The quantitative estimate of drug-likeness (QED) is 0.175. The fourth-order valence-corrected chi connectivity index (χ4v) is 10.3. The van der Waals surface area contributed by atoms with Gasteiger partial charge >= 0.3 is 0 Å². The van der Waals surface area contributed by atoms with E-state index in [2.05, 4.69) is 121 Å². The zero-order valence-corrected chi connectivity index (χ0v) is 24.7. The SMILES string of the molecule is c1csc(-c2ccc(-c3ccc(-c4ccc(-c5ccc(-c6c7ccccc7cc7ccccc67)s5)s4)s3)s2)c1. The maximum Gasteiger partial charge on any atom is 0.0449 e. The minimum Gasteiger partial charge on any atom is -0.143 e. The predicted octanol–water partition coefficient (Wildman–Crippen LogP) is 12.6. The maximum atomic E-state index is 2.31. The molecule has 39 heavy (non-hydrogen) atoms. The second-order valence-electron chi connectivity index (χ2n) is 9.33. The van der Waals surface area contributed by atoms with Crippen molar-refractivity contribution in [3.63, 3.8) is 0 Å². The summed E-state index contributed by atoms with van der Waals surface area (Å²) in [6, 6.07) is 42.4. The van der Waals surface area contributed by atoms with Gasteiger partial charge in [0.1, 0.15) is 0 Å². The van der Waals surface area contributed by atoms with Crippen molar-refractivity contribution in [2.75, 3.05) is 0 Å². The minimum atomic E-state index is 1.29. The van der Waals surface area contributed by atoms with Crippen LogP contribution in [0.1, 0.15) is 0 Å². The van der Waals surface area contributed by atoms with E-state index < -0.39 is 0 Å². The van der Waals surface area contributed by atoms with Crippen molar-refractivity contribution in [3.05, 3.63) is 121 Å². The van der Waals surface area contributed by atoms with E-state index in [-0.39, 0.29) is 0 Å². The van der Waals surface area contributed by atoms with Crippen LogP contribution in [0.4, 0.5) is 0 Å². The standard InChI is InChI=1S/C34H20S5/c1-3-8-23-21(6-1)20-22-7-2-4-9-24(22)34(23)33-18-17-32(39-33)31-16-15-30(38-31)29-14-13-28(37-29)27-12-11-26(36-27)25-10-5-19-35-25/h1-20H. The van der Waals surface area contributed by atoms with Gasteiger partial charge in [-0.2, -0.15) is 0 Å². The molecule has 8 rings (SSSR count). The highest BCUT2D eigenvalue weighted by molar-refractivity contribution is 7.29. The smallest absolute Gasteiger partial charge is 0.0449 e. The molecule has 5 aromatic heterocycles. The number of fused-ring (bicyclic) bond motifs is 2. The van der Waals surface area contributed by atoms with E-state index in [0.29, 0.717) is 0 Å². The van der Waals surface area contributed by atoms with E-state index in [0.717, 1.165) is 0 Å². The Morgan fingerprint density at radius 1 is 0.333 bits per heavy atom. The Morgan fingerprint density at radius 2 is 0.744 bits per heavy atom. The van der Waals surface area contributed by atoms with Gasteiger partial charge in [0.15, 0.2) is 0 Å². The third kappa shape index (κ3) is 4.22. The number of hydrogen-bond donors (Lipinski definition) is 0. The lowest BCUT2D eigenvalue weighted by Crippen LogP contribution is -1.82. The van der Waals surface area contributed by atoms with Crippen LogP contribution in [0.15, 0.2) is 121 Å². The molecular weight excluding hydrogens is 569 g/mol. The first-order valence-corrected chi connectivity index (χ1v) is 16.8. The molecule has 0 unspecified atom stereocenters. The summed E-state index contributed by atoms with van der Waals surface area (Å²) in [5.74, 6) is 0. The van der Waals surface area contributed by atoms with Gasteiger partial charge in [0.05, 0.1) is 0 Å². The second-order valence-corrected chi connectivity index (χ2v) is 14.6. The molecule has 0 saturated heterocycles. The molecule has 0 atom stereocenters. The lowest BCUT2D eigenvalue weighted by Gasteiger charge is -2.10. The Labute approximate surface area is 246 Å². The minimum absolute atomic E-state index is 1.29. The predicted molar refractivity (Wildman–Crippen MR) is 178 cm³/mol. The Morgan fingerprint density at radius 3 is 1.21 bits per heavy atom. The van der Waals surface area contributed by atoms with Crippen LogP contribution in [-0.2, 0) is 0 Å². The Kier molecular flexibility index (Phi) is 5.86. The monoisotopic (exact) mass is 588 g/mol. The van der Waals surface area contributed by atoms with Crippen LogP contribution in [0, 0.1) is 0 Å². The molecule has 0 bridgehead atoms. The van der Waals surface area contributed by atoms with Crippen LogP contribution >= 0.6 is 56.7 Å². The summed E-state index contributed by atoms with van der Waals surface area (Å²) in [4.78, 5) is 12.0. The zero-order valence-electron chi connectivity index (χ0n) is 20.6. The molecular formula is C34H20S5. The molecule has 0 amide bonds. The molecule has 0 radical (unpaired) electrons. The van der Waals surface area contributed by atoms with Gasteiger partial charge in [-0.25, -0.2) is 0 Å². The molecule has 186 valence electrons. The number of hydrogen-bond acceptors (Lipinski definition) is 5. The fraction of sp³-hybridized carbons (Fsp3) is 0. The molecule has 5 heterocycles. The van der Waals surface area contributed by atoms with Crippen LogP contribution < -0.4 is 0 Å². The lowest BCUT2D eigenvalue weighted by atomic mass is 9.96. The Bertz CT molecular complexity index is 2020. The van der Waals surface area contributed by atoms with Crippen LogP contribution in [-0.4, -0.2) is 0 Å². The number of rotatable bonds is 5. The summed E-state index contributed by atoms with van der Waals surface area (Å²) in [5.41, 5.74) is 1.34. The van der Waals surface area contributed by atoms with Crippen molar-refractivity contribution in [2.24, 2.45) is 0 Å². The lowest BCUT2D eigenvalue weighted by molar-refractivity contribution is 1.75. The van der Waals surface area contributed by atoms with Crippen LogP contribution in [0.3, 0.4) is 0 Å². The highest BCUT2D eigenvalue weighted by atomic mass is 32.1. The van der Waals surface area contributed by atoms with E-state index in [1.807, 2.05) is 45.3 Å². The molecule has 0 aliphatic rings. The molecule has 0 aliphatic carbocycles. The van der Waals surface area contributed by atoms with Crippen LogP contribution in [0.2, 0.25) is 0 Å². The zero-order chi connectivity index (χ0) is 25.8. The average molecular weight is 589 g/mol. The first-order chi connectivity index (χ1) is 19.3. The summed E-state index contributed by atoms with van der Waals surface area (Å²) >= 11 is 9.37. The molecule has 0 nitrogen and oxygen atoms in total. The van der Waals surface area contributed by atoms with Gasteiger partial charge in [0.25, 0.3) is 0 Å². The van der Waals surface area contributed by atoms with Gasteiger partial charge in [0.2, 0.25) is 0 Å². The third-order valence-electron chi connectivity index (χ3n) is 6.93. The molecule has 5 heteroatoms. The fourth-order valence-electron chi connectivity index (χ4n) is 5.11. The summed E-state index contributed by atoms with van der Waals surface area (Å²) in [6.07, 6.45) is 0. The van der Waals surface area contributed by atoms with Gasteiger partial charge in [0, 0.05) is 49.5 Å². The Hall–Kier alpha value is -3.32. The summed E-state index contributed by atoms with van der Waals surface area (Å²) < 4.78 is 0. The summed E-state index contributed by atoms with van der Waals surface area (Å²) in [6.45, 7) is 0. The summed E-state index contributed by atoms with van der Waals surface area (Å²) in [7, 11) is 0. The van der Waals surface area contributed by atoms with Crippen molar-refractivity contribution in [3.8, 4) is 49.5 Å². The molecule has 0 saturated carbocycles. The highest BCUT2D eigenvalue weighted by Gasteiger charge is 2.15. The molecule has 8 aromatic rings. The van der Waals surface area contributed by atoms with Crippen molar-refractivity contribution < 1.29 is 0 Å². The summed E-state index contributed by atoms with van der Waals surface area (Å²) in [5, 5.41) is 7.37. The van der Waals surface area contributed by atoms with E-state index in [1.54, 1.807) is 11.3 Å².